The Bertz CT molecular complexity index is 802. The summed E-state index contributed by atoms with van der Waals surface area (Å²) in [5.41, 5.74) is 0.491. The van der Waals surface area contributed by atoms with E-state index in [1.165, 1.54) is 42.5 Å². The highest BCUT2D eigenvalue weighted by Gasteiger charge is 2.19. The van der Waals surface area contributed by atoms with Gasteiger partial charge in [-0.15, -0.1) is 0 Å². The number of aryl methyl sites for hydroxylation is 1. The maximum Gasteiger partial charge on any atom is 0.269 e. The van der Waals surface area contributed by atoms with Crippen LogP contribution in [0.4, 0.5) is 11.4 Å². The monoisotopic (exact) mass is 308 g/mol. The van der Waals surface area contributed by atoms with Crippen LogP contribution in [0.5, 0.6) is 5.75 Å². The third kappa shape index (κ3) is 3.11. The molecule has 0 aliphatic rings. The fourth-order valence-corrected chi connectivity index (χ4v) is 2.99. The Morgan fingerprint density at radius 1 is 1.19 bits per heavy atom. The molecule has 0 saturated carbocycles. The molecule has 2 N–H and O–H groups in total. The Balaban J connectivity index is 2.38. The molecular weight excluding hydrogens is 296 g/mol. The molecule has 0 bridgehead atoms. The summed E-state index contributed by atoms with van der Waals surface area (Å²) in [5.74, 6) is -0.371. The quantitative estimate of drug-likeness (QED) is 0.665. The zero-order valence-corrected chi connectivity index (χ0v) is 11.8. The Hall–Kier alpha value is -2.61. The zero-order chi connectivity index (χ0) is 15.6. The molecule has 0 aliphatic carbocycles. The molecule has 0 atom stereocenters. The number of phenolic OH excluding ortho intramolecular Hbond substituents is 1. The molecule has 110 valence electrons. The van der Waals surface area contributed by atoms with Crippen molar-refractivity contribution >= 4 is 21.4 Å². The maximum atomic E-state index is 12.2. The first-order chi connectivity index (χ1) is 9.81. The first-order valence-corrected chi connectivity index (χ1v) is 7.35. The molecule has 0 spiro atoms. The number of para-hydroxylation sites is 1. The highest BCUT2D eigenvalue weighted by Crippen LogP contribution is 2.27. The minimum Gasteiger partial charge on any atom is -0.507 e. The van der Waals surface area contributed by atoms with Gasteiger partial charge in [0.15, 0.2) is 0 Å². The second-order valence-corrected chi connectivity index (χ2v) is 5.98. The first-order valence-electron chi connectivity index (χ1n) is 5.87. The molecule has 0 radical (unpaired) electrons. The van der Waals surface area contributed by atoms with Crippen LogP contribution in [0, 0.1) is 17.0 Å². The van der Waals surface area contributed by atoms with E-state index in [1.54, 1.807) is 6.92 Å². The number of hydrogen-bond donors (Lipinski definition) is 2. The molecule has 2 rings (SSSR count). The number of nitrogens with zero attached hydrogens (tertiary/aromatic N) is 1. The van der Waals surface area contributed by atoms with E-state index in [1.807, 2.05) is 0 Å². The summed E-state index contributed by atoms with van der Waals surface area (Å²) in [7, 11) is -3.97. The first kappa shape index (κ1) is 14.8. The number of sulfonamides is 1. The van der Waals surface area contributed by atoms with Gasteiger partial charge in [0.1, 0.15) is 10.6 Å². The Morgan fingerprint density at radius 2 is 1.86 bits per heavy atom. The van der Waals surface area contributed by atoms with Crippen LogP contribution in [0.15, 0.2) is 47.4 Å². The summed E-state index contributed by atoms with van der Waals surface area (Å²) in [6.07, 6.45) is 0. The van der Waals surface area contributed by atoms with Gasteiger partial charge in [-0.25, -0.2) is 8.42 Å². The van der Waals surface area contributed by atoms with E-state index in [9.17, 15) is 23.6 Å². The zero-order valence-electron chi connectivity index (χ0n) is 11.0. The standard InChI is InChI=1S/C13H12N2O5S/c1-9-8-10(15(17)18)6-7-11(9)14-21(19,20)13-5-3-2-4-12(13)16/h2-8,14,16H,1H3. The van der Waals surface area contributed by atoms with Crippen molar-refractivity contribution in [2.24, 2.45) is 0 Å². The number of nitro benzene ring substituents is 1. The number of nitrogens with one attached hydrogen (secondary N) is 1. The van der Waals surface area contributed by atoms with Crippen molar-refractivity contribution in [1.82, 2.24) is 0 Å². The van der Waals surface area contributed by atoms with E-state index in [4.69, 9.17) is 0 Å². The van der Waals surface area contributed by atoms with Crippen molar-refractivity contribution in [1.29, 1.82) is 0 Å². The van der Waals surface area contributed by atoms with Crippen molar-refractivity contribution < 1.29 is 18.4 Å². The number of benzene rings is 2. The van der Waals surface area contributed by atoms with Crippen LogP contribution in [0.25, 0.3) is 0 Å². The summed E-state index contributed by atoms with van der Waals surface area (Å²) in [6.45, 7) is 1.55. The van der Waals surface area contributed by atoms with Gasteiger partial charge in [-0.3, -0.25) is 14.8 Å². The Kier molecular flexibility index (Phi) is 3.81. The van der Waals surface area contributed by atoms with Gasteiger partial charge in [-0.05, 0) is 30.7 Å². The topological polar surface area (TPSA) is 110 Å². The van der Waals surface area contributed by atoms with Gasteiger partial charge in [-0.2, -0.15) is 0 Å². The van der Waals surface area contributed by atoms with Crippen LogP contribution < -0.4 is 4.72 Å². The van der Waals surface area contributed by atoms with Crippen molar-refractivity contribution in [2.75, 3.05) is 4.72 Å². The number of rotatable bonds is 4. The predicted molar refractivity (Wildman–Crippen MR) is 76.7 cm³/mol. The second-order valence-electron chi connectivity index (χ2n) is 4.33. The lowest BCUT2D eigenvalue weighted by Gasteiger charge is -2.11. The van der Waals surface area contributed by atoms with Gasteiger partial charge in [0.2, 0.25) is 0 Å². The number of phenols is 1. The predicted octanol–water partition coefficient (Wildman–Crippen LogP) is 2.41. The summed E-state index contributed by atoms with van der Waals surface area (Å²) >= 11 is 0. The van der Waals surface area contributed by atoms with Gasteiger partial charge < -0.3 is 5.11 Å². The fourth-order valence-electron chi connectivity index (χ4n) is 1.76. The van der Waals surface area contributed by atoms with Gasteiger partial charge in [0.05, 0.1) is 10.6 Å². The minimum atomic E-state index is -3.97. The smallest absolute Gasteiger partial charge is 0.269 e. The largest absolute Gasteiger partial charge is 0.507 e. The van der Waals surface area contributed by atoms with Crippen molar-refractivity contribution in [3.63, 3.8) is 0 Å². The van der Waals surface area contributed by atoms with Crippen LogP contribution in [0.2, 0.25) is 0 Å². The number of hydrogen-bond acceptors (Lipinski definition) is 5. The molecule has 0 fully saturated rings. The highest BCUT2D eigenvalue weighted by molar-refractivity contribution is 7.92. The number of aromatic hydroxyl groups is 1. The van der Waals surface area contributed by atoms with Crippen LogP contribution in [0.3, 0.4) is 0 Å². The van der Waals surface area contributed by atoms with Gasteiger partial charge in [-0.1, -0.05) is 12.1 Å². The summed E-state index contributed by atoms with van der Waals surface area (Å²) in [6, 6.07) is 9.29. The fraction of sp³-hybridized carbons (Fsp3) is 0.0769. The molecule has 0 amide bonds. The lowest BCUT2D eigenvalue weighted by Crippen LogP contribution is -2.14. The average molecular weight is 308 g/mol. The second kappa shape index (κ2) is 5.41. The average Bonchev–Trinajstić information content (AvgIpc) is 2.41. The molecule has 0 heterocycles. The number of anilines is 1. The normalized spacial score (nSPS) is 11.1. The van der Waals surface area contributed by atoms with E-state index >= 15 is 0 Å². The molecule has 7 nitrogen and oxygen atoms in total. The van der Waals surface area contributed by atoms with Crippen molar-refractivity contribution in [2.45, 2.75) is 11.8 Å². The van der Waals surface area contributed by atoms with Crippen molar-refractivity contribution in [3.05, 3.63) is 58.1 Å². The third-order valence-electron chi connectivity index (χ3n) is 2.82. The molecule has 0 saturated heterocycles. The van der Waals surface area contributed by atoms with E-state index in [2.05, 4.69) is 4.72 Å². The van der Waals surface area contributed by atoms with E-state index in [-0.39, 0.29) is 22.0 Å². The highest BCUT2D eigenvalue weighted by atomic mass is 32.2. The molecule has 0 unspecified atom stereocenters. The third-order valence-corrected chi connectivity index (χ3v) is 4.23. The minimum absolute atomic E-state index is 0.127. The summed E-state index contributed by atoms with van der Waals surface area (Å²) in [5, 5.41) is 20.3. The number of non-ortho nitro benzene ring substituents is 1. The van der Waals surface area contributed by atoms with E-state index in [0.717, 1.165) is 0 Å². The van der Waals surface area contributed by atoms with Crippen LogP contribution in [-0.4, -0.2) is 18.4 Å². The molecule has 0 aromatic heterocycles. The van der Waals surface area contributed by atoms with Crippen LogP contribution >= 0.6 is 0 Å². The molecule has 2 aromatic rings. The van der Waals surface area contributed by atoms with Crippen LogP contribution in [0.1, 0.15) is 5.56 Å². The lowest BCUT2D eigenvalue weighted by molar-refractivity contribution is -0.384. The van der Waals surface area contributed by atoms with Gasteiger partial charge >= 0.3 is 0 Å². The SMILES string of the molecule is Cc1cc([N+](=O)[O-])ccc1NS(=O)(=O)c1ccccc1O. The summed E-state index contributed by atoms with van der Waals surface area (Å²) < 4.78 is 26.7. The van der Waals surface area contributed by atoms with E-state index in [0.29, 0.717) is 5.56 Å². The molecule has 2 aromatic carbocycles. The van der Waals surface area contributed by atoms with Crippen molar-refractivity contribution in [3.8, 4) is 5.75 Å². The Morgan fingerprint density at radius 3 is 2.43 bits per heavy atom. The van der Waals surface area contributed by atoms with Gasteiger partial charge in [0, 0.05) is 12.1 Å². The Labute approximate surface area is 121 Å². The summed E-state index contributed by atoms with van der Waals surface area (Å²) in [4.78, 5) is 9.83. The van der Waals surface area contributed by atoms with Crippen LogP contribution in [-0.2, 0) is 10.0 Å². The van der Waals surface area contributed by atoms with E-state index < -0.39 is 14.9 Å². The number of nitro groups is 1. The molecule has 21 heavy (non-hydrogen) atoms. The van der Waals surface area contributed by atoms with Gasteiger partial charge in [0.25, 0.3) is 15.7 Å². The lowest BCUT2D eigenvalue weighted by atomic mass is 10.2. The molecular formula is C13H12N2O5S. The molecule has 0 aliphatic heterocycles. The molecule has 8 heteroatoms. The maximum absolute atomic E-state index is 12.2.